The molecule has 0 saturated heterocycles. The van der Waals surface area contributed by atoms with Crippen LogP contribution in [-0.4, -0.2) is 24.5 Å². The molecular formula is C16H23N. The van der Waals surface area contributed by atoms with Crippen molar-refractivity contribution in [3.05, 3.63) is 41.0 Å². The highest BCUT2D eigenvalue weighted by atomic mass is 15.1. The van der Waals surface area contributed by atoms with Crippen LogP contribution < -0.4 is 0 Å². The molecule has 0 aliphatic carbocycles. The van der Waals surface area contributed by atoms with Crippen LogP contribution in [-0.2, 0) is 0 Å². The minimum absolute atomic E-state index is 0.642. The molecule has 0 bridgehead atoms. The van der Waals surface area contributed by atoms with Crippen LogP contribution in [0.4, 0.5) is 0 Å². The Kier molecular flexibility index (Phi) is 3.68. The molecule has 1 aromatic rings. The first kappa shape index (κ1) is 12.4. The highest BCUT2D eigenvalue weighted by Crippen LogP contribution is 2.31. The largest absolute Gasteiger partial charge is 0.299 e. The van der Waals surface area contributed by atoms with Gasteiger partial charge in [0.1, 0.15) is 0 Å². The Morgan fingerprint density at radius 1 is 1.24 bits per heavy atom. The number of rotatable bonds is 2. The molecule has 1 atom stereocenters. The van der Waals surface area contributed by atoms with Gasteiger partial charge in [0.05, 0.1) is 0 Å². The van der Waals surface area contributed by atoms with Gasteiger partial charge in [-0.3, -0.25) is 4.90 Å². The van der Waals surface area contributed by atoms with Crippen LogP contribution in [0.5, 0.6) is 0 Å². The van der Waals surface area contributed by atoms with Crippen LogP contribution in [0.2, 0.25) is 0 Å². The summed E-state index contributed by atoms with van der Waals surface area (Å²) in [4.78, 5) is 2.50. The van der Waals surface area contributed by atoms with Crippen molar-refractivity contribution >= 4 is 5.57 Å². The lowest BCUT2D eigenvalue weighted by atomic mass is 9.86. The van der Waals surface area contributed by atoms with Crippen molar-refractivity contribution in [2.45, 2.75) is 27.7 Å². The van der Waals surface area contributed by atoms with Gasteiger partial charge in [0.15, 0.2) is 0 Å². The molecule has 1 nitrogen and oxygen atoms in total. The molecule has 1 aliphatic heterocycles. The fourth-order valence-corrected chi connectivity index (χ4v) is 2.87. The zero-order valence-electron chi connectivity index (χ0n) is 11.5. The molecule has 0 amide bonds. The summed E-state index contributed by atoms with van der Waals surface area (Å²) >= 11 is 0. The van der Waals surface area contributed by atoms with Gasteiger partial charge in [0.25, 0.3) is 0 Å². The van der Waals surface area contributed by atoms with Crippen LogP contribution in [0.1, 0.15) is 30.5 Å². The second-order valence-corrected chi connectivity index (χ2v) is 5.18. The molecule has 92 valence electrons. The van der Waals surface area contributed by atoms with Crippen molar-refractivity contribution in [1.82, 2.24) is 4.90 Å². The molecule has 0 fully saturated rings. The van der Waals surface area contributed by atoms with Crippen LogP contribution in [0.15, 0.2) is 24.3 Å². The summed E-state index contributed by atoms with van der Waals surface area (Å²) in [5.74, 6) is 0.642. The maximum atomic E-state index is 2.50. The van der Waals surface area contributed by atoms with Gasteiger partial charge in [-0.05, 0) is 48.6 Å². The number of hydrogen-bond donors (Lipinski definition) is 0. The van der Waals surface area contributed by atoms with E-state index in [1.165, 1.54) is 23.2 Å². The van der Waals surface area contributed by atoms with E-state index >= 15 is 0 Å². The molecule has 0 aromatic heterocycles. The van der Waals surface area contributed by atoms with Crippen molar-refractivity contribution < 1.29 is 0 Å². The average Bonchev–Trinajstić information content (AvgIpc) is 2.30. The maximum Gasteiger partial charge on any atom is 0.0169 e. The molecule has 0 spiro atoms. The molecular weight excluding hydrogens is 206 g/mol. The van der Waals surface area contributed by atoms with Gasteiger partial charge in [-0.25, -0.2) is 0 Å². The van der Waals surface area contributed by atoms with E-state index in [1.54, 1.807) is 5.57 Å². The van der Waals surface area contributed by atoms with Gasteiger partial charge < -0.3 is 0 Å². The zero-order valence-corrected chi connectivity index (χ0v) is 11.5. The molecule has 0 N–H and O–H groups in total. The summed E-state index contributed by atoms with van der Waals surface area (Å²) in [6.45, 7) is 12.5. The lowest BCUT2D eigenvalue weighted by molar-refractivity contribution is 0.285. The molecule has 0 unspecified atom stereocenters. The lowest BCUT2D eigenvalue weighted by Gasteiger charge is -2.31. The van der Waals surface area contributed by atoms with Gasteiger partial charge in [0.2, 0.25) is 0 Å². The Hall–Kier alpha value is -1.08. The number of nitrogens with zero attached hydrogens (tertiary/aromatic N) is 1. The predicted octanol–water partition coefficient (Wildman–Crippen LogP) is 3.66. The van der Waals surface area contributed by atoms with E-state index < -0.39 is 0 Å². The summed E-state index contributed by atoms with van der Waals surface area (Å²) in [5.41, 5.74) is 5.85. The van der Waals surface area contributed by atoms with Crippen molar-refractivity contribution in [2.24, 2.45) is 5.92 Å². The number of likely N-dealkylation sites (N-methyl/N-ethyl adjacent to an activating group) is 1. The Morgan fingerprint density at radius 2 is 1.88 bits per heavy atom. The Labute approximate surface area is 105 Å². The number of benzene rings is 1. The van der Waals surface area contributed by atoms with Crippen molar-refractivity contribution in [1.29, 1.82) is 0 Å². The summed E-state index contributed by atoms with van der Waals surface area (Å²) in [6.07, 6.45) is 2.42. The molecule has 1 heteroatoms. The van der Waals surface area contributed by atoms with Crippen LogP contribution in [0.25, 0.3) is 5.57 Å². The van der Waals surface area contributed by atoms with Crippen molar-refractivity contribution in [3.8, 4) is 0 Å². The third-order valence-electron chi connectivity index (χ3n) is 3.85. The van der Waals surface area contributed by atoms with E-state index in [1.807, 2.05) is 0 Å². The smallest absolute Gasteiger partial charge is 0.0169 e. The summed E-state index contributed by atoms with van der Waals surface area (Å²) in [6, 6.07) is 6.60. The normalized spacial score (nSPS) is 21.4. The van der Waals surface area contributed by atoms with Gasteiger partial charge in [-0.15, -0.1) is 0 Å². The molecule has 0 radical (unpaired) electrons. The first-order chi connectivity index (χ1) is 8.13. The van der Waals surface area contributed by atoms with E-state index in [-0.39, 0.29) is 0 Å². The van der Waals surface area contributed by atoms with Gasteiger partial charge >= 0.3 is 0 Å². The topological polar surface area (TPSA) is 3.24 Å². The van der Waals surface area contributed by atoms with E-state index in [9.17, 15) is 0 Å². The fraction of sp³-hybridized carbons (Fsp3) is 0.500. The zero-order chi connectivity index (χ0) is 12.4. The Morgan fingerprint density at radius 3 is 2.41 bits per heavy atom. The van der Waals surface area contributed by atoms with Gasteiger partial charge in [-0.1, -0.05) is 38.1 Å². The van der Waals surface area contributed by atoms with E-state index in [2.05, 4.69) is 56.9 Å². The van der Waals surface area contributed by atoms with Gasteiger partial charge in [0, 0.05) is 13.1 Å². The van der Waals surface area contributed by atoms with E-state index in [4.69, 9.17) is 0 Å². The maximum absolute atomic E-state index is 2.50. The second-order valence-electron chi connectivity index (χ2n) is 5.18. The molecule has 1 aromatic carbocycles. The fourth-order valence-electron chi connectivity index (χ4n) is 2.87. The minimum atomic E-state index is 0.642. The molecule has 17 heavy (non-hydrogen) atoms. The Balaban J connectivity index is 2.37. The number of aryl methyl sites for hydroxylation is 2. The van der Waals surface area contributed by atoms with Gasteiger partial charge in [-0.2, -0.15) is 0 Å². The quantitative estimate of drug-likeness (QED) is 0.748. The summed E-state index contributed by atoms with van der Waals surface area (Å²) in [5, 5.41) is 0. The van der Waals surface area contributed by atoms with Crippen molar-refractivity contribution in [2.75, 3.05) is 19.6 Å². The standard InChI is InChI=1S/C16H23N/c1-5-17-10-9-15(14(4)11-17)16-12(2)7-6-8-13(16)3/h6-9,14H,5,10-11H2,1-4H3/t14-/m0/s1. The molecule has 0 saturated carbocycles. The minimum Gasteiger partial charge on any atom is -0.299 e. The predicted molar refractivity (Wildman–Crippen MR) is 75.2 cm³/mol. The highest BCUT2D eigenvalue weighted by molar-refractivity contribution is 5.73. The average molecular weight is 229 g/mol. The lowest BCUT2D eigenvalue weighted by Crippen LogP contribution is -2.33. The molecule has 2 rings (SSSR count). The molecule has 1 aliphatic rings. The SMILES string of the molecule is CCN1CC=C(c2c(C)cccc2C)[C@@H](C)C1. The molecule has 1 heterocycles. The Bertz CT molecular complexity index is 411. The highest BCUT2D eigenvalue weighted by Gasteiger charge is 2.20. The van der Waals surface area contributed by atoms with Crippen LogP contribution in [0.3, 0.4) is 0 Å². The van der Waals surface area contributed by atoms with Crippen molar-refractivity contribution in [3.63, 3.8) is 0 Å². The second kappa shape index (κ2) is 5.05. The summed E-state index contributed by atoms with van der Waals surface area (Å²) < 4.78 is 0. The first-order valence-electron chi connectivity index (χ1n) is 6.62. The third kappa shape index (κ3) is 2.44. The monoisotopic (exact) mass is 229 g/mol. The summed E-state index contributed by atoms with van der Waals surface area (Å²) in [7, 11) is 0. The van der Waals surface area contributed by atoms with E-state index in [0.29, 0.717) is 5.92 Å². The van der Waals surface area contributed by atoms with Crippen LogP contribution in [0, 0.1) is 19.8 Å². The number of hydrogen-bond acceptors (Lipinski definition) is 1. The first-order valence-corrected chi connectivity index (χ1v) is 6.62. The third-order valence-corrected chi connectivity index (χ3v) is 3.85. The van der Waals surface area contributed by atoms with Crippen LogP contribution >= 0.6 is 0 Å². The van der Waals surface area contributed by atoms with E-state index in [0.717, 1.165) is 13.1 Å².